The number of piperidine rings is 1. The fraction of sp³-hybridized carbons (Fsp3) is 0.429. The van der Waals surface area contributed by atoms with Crippen LogP contribution in [0.1, 0.15) is 35.7 Å². The van der Waals surface area contributed by atoms with Crippen LogP contribution in [0.2, 0.25) is 0 Å². The quantitative estimate of drug-likeness (QED) is 0.834. The normalized spacial score (nSPS) is 21.5. The number of hydrogen-bond donors (Lipinski definition) is 0. The Morgan fingerprint density at radius 3 is 2.56 bits per heavy atom. The second-order valence-corrected chi connectivity index (χ2v) is 7.28. The van der Waals surface area contributed by atoms with E-state index in [2.05, 4.69) is 0 Å². The van der Waals surface area contributed by atoms with Crippen molar-refractivity contribution in [3.63, 3.8) is 0 Å². The summed E-state index contributed by atoms with van der Waals surface area (Å²) >= 11 is 0. The number of nitrogens with zero attached hydrogens (tertiary/aromatic N) is 2. The molecule has 1 spiro atoms. The maximum atomic E-state index is 12.9. The minimum atomic E-state index is -0.555. The highest BCUT2D eigenvalue weighted by molar-refractivity contribution is 5.93. The van der Waals surface area contributed by atoms with Crippen molar-refractivity contribution >= 4 is 5.91 Å². The fourth-order valence-electron chi connectivity index (χ4n) is 3.79. The smallest absolute Gasteiger partial charge is 0.263 e. The largest absolute Gasteiger partial charge is 0.347 e. The van der Waals surface area contributed by atoms with E-state index in [0.29, 0.717) is 39.1 Å². The van der Waals surface area contributed by atoms with E-state index in [1.54, 1.807) is 27.8 Å². The summed E-state index contributed by atoms with van der Waals surface area (Å²) in [5.74, 6) is -0.774. The molecular formula is C21H24N2O4. The highest BCUT2D eigenvalue weighted by Crippen LogP contribution is 2.34. The Hall–Kier alpha value is -2.44. The number of amides is 1. The second kappa shape index (κ2) is 7.29. The third-order valence-electron chi connectivity index (χ3n) is 5.26. The highest BCUT2D eigenvalue weighted by Gasteiger charge is 2.43. The van der Waals surface area contributed by atoms with Crippen molar-refractivity contribution in [1.82, 2.24) is 9.47 Å². The van der Waals surface area contributed by atoms with Crippen LogP contribution in [0, 0.1) is 0 Å². The molecule has 2 aliphatic heterocycles. The average molecular weight is 368 g/mol. The molecule has 27 heavy (non-hydrogen) atoms. The monoisotopic (exact) mass is 368 g/mol. The first kappa shape index (κ1) is 17.9. The topological polar surface area (TPSA) is 60.8 Å². The molecule has 1 aromatic carbocycles. The van der Waals surface area contributed by atoms with Crippen LogP contribution in [-0.4, -0.2) is 47.0 Å². The maximum Gasteiger partial charge on any atom is 0.263 e. The average Bonchev–Trinajstić information content (AvgIpc) is 3.04. The second-order valence-electron chi connectivity index (χ2n) is 7.28. The number of likely N-dealkylation sites (tertiary alicyclic amines) is 1. The van der Waals surface area contributed by atoms with Crippen molar-refractivity contribution in [2.45, 2.75) is 38.2 Å². The number of carbonyl (C=O) groups excluding carboxylic acids is 1. The highest BCUT2D eigenvalue weighted by atomic mass is 16.7. The van der Waals surface area contributed by atoms with Crippen molar-refractivity contribution < 1.29 is 14.3 Å². The first-order valence-electron chi connectivity index (χ1n) is 9.41. The molecule has 6 heteroatoms. The minimum Gasteiger partial charge on any atom is -0.347 e. The van der Waals surface area contributed by atoms with Crippen LogP contribution in [0.25, 0.3) is 0 Å². The van der Waals surface area contributed by atoms with Gasteiger partial charge in [0.25, 0.3) is 11.5 Å². The molecule has 0 bridgehead atoms. The zero-order valence-corrected chi connectivity index (χ0v) is 15.5. The zero-order valence-electron chi connectivity index (χ0n) is 15.5. The molecule has 0 N–H and O–H groups in total. The van der Waals surface area contributed by atoms with Crippen molar-refractivity contribution in [2.24, 2.45) is 0 Å². The van der Waals surface area contributed by atoms with Crippen LogP contribution < -0.4 is 5.56 Å². The maximum absolute atomic E-state index is 12.9. The summed E-state index contributed by atoms with van der Waals surface area (Å²) in [6, 6.07) is 13.1. The number of rotatable bonds is 3. The molecule has 2 fully saturated rings. The first-order chi connectivity index (χ1) is 13.1. The lowest BCUT2D eigenvalue weighted by Gasteiger charge is -2.37. The van der Waals surface area contributed by atoms with Gasteiger partial charge in [-0.15, -0.1) is 0 Å². The molecule has 1 amide bonds. The van der Waals surface area contributed by atoms with Gasteiger partial charge in [0.2, 0.25) is 0 Å². The number of benzene rings is 1. The van der Waals surface area contributed by atoms with Crippen molar-refractivity contribution in [1.29, 1.82) is 0 Å². The van der Waals surface area contributed by atoms with Gasteiger partial charge in [-0.2, -0.15) is 0 Å². The van der Waals surface area contributed by atoms with E-state index in [4.69, 9.17) is 9.47 Å². The lowest BCUT2D eigenvalue weighted by Crippen LogP contribution is -2.48. The number of aromatic nitrogens is 1. The van der Waals surface area contributed by atoms with Gasteiger partial charge in [-0.1, -0.05) is 30.3 Å². The standard InChI is InChI=1S/C21H24N2O4/c1-16-15-26-21(27-16)9-12-22(13-10-21)19(24)18-8-5-11-23(20(18)25)14-17-6-3-2-4-7-17/h2-8,11,16H,9-10,12-15H2,1H3/t16-/m1/s1. The van der Waals surface area contributed by atoms with Gasteiger partial charge in [-0.05, 0) is 24.6 Å². The molecule has 1 atom stereocenters. The molecule has 3 heterocycles. The molecule has 2 saturated heterocycles. The number of hydrogen-bond acceptors (Lipinski definition) is 4. The van der Waals surface area contributed by atoms with Crippen LogP contribution >= 0.6 is 0 Å². The van der Waals surface area contributed by atoms with E-state index in [9.17, 15) is 9.59 Å². The van der Waals surface area contributed by atoms with Gasteiger partial charge in [0.05, 0.1) is 19.3 Å². The number of pyridine rings is 1. The van der Waals surface area contributed by atoms with Gasteiger partial charge in [0.15, 0.2) is 5.79 Å². The van der Waals surface area contributed by atoms with Gasteiger partial charge in [-0.25, -0.2) is 0 Å². The Labute approximate surface area is 158 Å². The first-order valence-corrected chi connectivity index (χ1v) is 9.41. The Morgan fingerprint density at radius 2 is 1.89 bits per heavy atom. The lowest BCUT2D eigenvalue weighted by molar-refractivity contribution is -0.189. The van der Waals surface area contributed by atoms with E-state index in [-0.39, 0.29) is 23.1 Å². The molecule has 6 nitrogen and oxygen atoms in total. The predicted molar refractivity (Wildman–Crippen MR) is 101 cm³/mol. The molecule has 0 saturated carbocycles. The SMILES string of the molecule is C[C@@H]1COC2(CCN(C(=O)c3cccn(Cc4ccccc4)c3=O)CC2)O1. The fourth-order valence-corrected chi connectivity index (χ4v) is 3.79. The Kier molecular flexibility index (Phi) is 4.85. The molecule has 4 rings (SSSR count). The summed E-state index contributed by atoms with van der Waals surface area (Å²) in [7, 11) is 0. The van der Waals surface area contributed by atoms with E-state index in [1.165, 1.54) is 0 Å². The number of carbonyl (C=O) groups is 1. The molecule has 0 aliphatic carbocycles. The Bertz CT molecular complexity index is 869. The Morgan fingerprint density at radius 1 is 1.15 bits per heavy atom. The molecule has 2 aromatic rings. The minimum absolute atomic E-state index is 0.0894. The van der Waals surface area contributed by atoms with Crippen LogP contribution in [0.4, 0.5) is 0 Å². The number of ether oxygens (including phenoxy) is 2. The third kappa shape index (κ3) is 3.68. The van der Waals surface area contributed by atoms with Crippen LogP contribution in [0.5, 0.6) is 0 Å². The van der Waals surface area contributed by atoms with Crippen LogP contribution in [0.15, 0.2) is 53.5 Å². The van der Waals surface area contributed by atoms with E-state index >= 15 is 0 Å². The van der Waals surface area contributed by atoms with E-state index in [0.717, 1.165) is 5.56 Å². The molecule has 142 valence electrons. The van der Waals surface area contributed by atoms with Gasteiger partial charge >= 0.3 is 0 Å². The summed E-state index contributed by atoms with van der Waals surface area (Å²) in [5.41, 5.74) is 0.980. The zero-order chi connectivity index (χ0) is 18.9. The van der Waals surface area contributed by atoms with Gasteiger partial charge in [0, 0.05) is 32.1 Å². The molecule has 2 aliphatic rings. The summed E-state index contributed by atoms with van der Waals surface area (Å²) < 4.78 is 13.3. The van der Waals surface area contributed by atoms with Gasteiger partial charge in [0.1, 0.15) is 5.56 Å². The predicted octanol–water partition coefficient (Wildman–Crippen LogP) is 2.26. The van der Waals surface area contributed by atoms with Crippen LogP contribution in [0.3, 0.4) is 0 Å². The van der Waals surface area contributed by atoms with Gasteiger partial charge in [-0.3, -0.25) is 9.59 Å². The van der Waals surface area contributed by atoms with E-state index in [1.807, 2.05) is 37.3 Å². The summed E-state index contributed by atoms with van der Waals surface area (Å²) in [6.45, 7) is 4.09. The van der Waals surface area contributed by atoms with Crippen molar-refractivity contribution in [3.05, 3.63) is 70.1 Å². The van der Waals surface area contributed by atoms with Crippen LogP contribution in [-0.2, 0) is 16.0 Å². The molecule has 1 aromatic heterocycles. The molecular weight excluding hydrogens is 344 g/mol. The van der Waals surface area contributed by atoms with Crippen molar-refractivity contribution in [3.8, 4) is 0 Å². The third-order valence-corrected chi connectivity index (χ3v) is 5.26. The summed E-state index contributed by atoms with van der Waals surface area (Å²) in [4.78, 5) is 27.5. The summed E-state index contributed by atoms with van der Waals surface area (Å²) in [5, 5.41) is 0. The van der Waals surface area contributed by atoms with Crippen molar-refractivity contribution in [2.75, 3.05) is 19.7 Å². The lowest BCUT2D eigenvalue weighted by atomic mass is 10.0. The van der Waals surface area contributed by atoms with E-state index < -0.39 is 5.79 Å². The van der Waals surface area contributed by atoms with Gasteiger partial charge < -0.3 is 18.9 Å². The molecule has 0 radical (unpaired) electrons. The molecule has 0 unspecified atom stereocenters. The summed E-state index contributed by atoms with van der Waals surface area (Å²) in [6.07, 6.45) is 3.08. The Balaban J connectivity index is 1.48.